The first-order valence-electron chi connectivity index (χ1n) is 5.16. The highest BCUT2D eigenvalue weighted by molar-refractivity contribution is 4.90. The topological polar surface area (TPSA) is 12.5 Å². The zero-order valence-corrected chi connectivity index (χ0v) is 8.12. The van der Waals surface area contributed by atoms with Crippen molar-refractivity contribution in [2.45, 2.75) is 51.3 Å². The summed E-state index contributed by atoms with van der Waals surface area (Å²) in [5.41, 5.74) is 0. The van der Waals surface area contributed by atoms with Crippen LogP contribution in [0.4, 0.5) is 0 Å². The Labute approximate surface area is 74.9 Å². The molecule has 0 radical (unpaired) electrons. The van der Waals surface area contributed by atoms with Crippen molar-refractivity contribution in [1.29, 1.82) is 0 Å². The fraction of sp³-hybridized carbons (Fsp3) is 1.00. The Kier molecular flexibility index (Phi) is 2.37. The summed E-state index contributed by atoms with van der Waals surface area (Å²) in [5.74, 6) is 0. The molecule has 2 rings (SSSR count). The molecule has 2 aliphatic rings. The molecule has 2 heterocycles. The fourth-order valence-corrected chi connectivity index (χ4v) is 2.57. The second-order valence-corrected chi connectivity index (χ2v) is 4.24. The Hall–Kier alpha value is -0.0800. The maximum Gasteiger partial charge on any atom is 0.0731 e. The lowest BCUT2D eigenvalue weighted by Crippen LogP contribution is -2.48. The first kappa shape index (κ1) is 8.52. The van der Waals surface area contributed by atoms with E-state index in [1.54, 1.807) is 0 Å². The third-order valence-corrected chi connectivity index (χ3v) is 3.17. The van der Waals surface area contributed by atoms with E-state index < -0.39 is 0 Å². The summed E-state index contributed by atoms with van der Waals surface area (Å²) in [7, 11) is 0. The summed E-state index contributed by atoms with van der Waals surface area (Å²) in [6, 6.07) is 1.43. The van der Waals surface area contributed by atoms with Gasteiger partial charge in [0.1, 0.15) is 0 Å². The van der Waals surface area contributed by atoms with Gasteiger partial charge in [-0.05, 0) is 39.7 Å². The monoisotopic (exact) mass is 169 g/mol. The molecule has 0 N–H and O–H groups in total. The van der Waals surface area contributed by atoms with Crippen LogP contribution in [0.5, 0.6) is 0 Å². The second kappa shape index (κ2) is 3.35. The SMILES string of the molecule is CC(C)N1CCCC2OCCC21. The summed E-state index contributed by atoms with van der Waals surface area (Å²) < 4.78 is 5.70. The van der Waals surface area contributed by atoms with Crippen LogP contribution in [0.2, 0.25) is 0 Å². The van der Waals surface area contributed by atoms with Crippen molar-refractivity contribution in [3.63, 3.8) is 0 Å². The number of hydrogen-bond donors (Lipinski definition) is 0. The second-order valence-electron chi connectivity index (χ2n) is 4.24. The molecule has 2 fully saturated rings. The van der Waals surface area contributed by atoms with Gasteiger partial charge in [0.15, 0.2) is 0 Å². The summed E-state index contributed by atoms with van der Waals surface area (Å²) in [5, 5.41) is 0. The van der Waals surface area contributed by atoms with Gasteiger partial charge in [-0.1, -0.05) is 0 Å². The van der Waals surface area contributed by atoms with Crippen molar-refractivity contribution in [2.24, 2.45) is 0 Å². The number of rotatable bonds is 1. The van der Waals surface area contributed by atoms with Crippen molar-refractivity contribution >= 4 is 0 Å². The largest absolute Gasteiger partial charge is 0.377 e. The normalized spacial score (nSPS) is 37.2. The Morgan fingerprint density at radius 2 is 2.17 bits per heavy atom. The molecule has 2 saturated heterocycles. The molecule has 0 spiro atoms. The van der Waals surface area contributed by atoms with Gasteiger partial charge in [0, 0.05) is 18.7 Å². The molecule has 0 aromatic rings. The minimum Gasteiger partial charge on any atom is -0.377 e. The van der Waals surface area contributed by atoms with Crippen LogP contribution in [0.3, 0.4) is 0 Å². The maximum absolute atomic E-state index is 5.70. The first-order chi connectivity index (χ1) is 5.79. The summed E-state index contributed by atoms with van der Waals surface area (Å²) >= 11 is 0. The van der Waals surface area contributed by atoms with Gasteiger partial charge in [-0.3, -0.25) is 4.90 Å². The summed E-state index contributed by atoms with van der Waals surface area (Å²) in [6.45, 7) is 6.85. The van der Waals surface area contributed by atoms with E-state index in [0.29, 0.717) is 12.1 Å². The van der Waals surface area contributed by atoms with E-state index in [4.69, 9.17) is 4.74 Å². The number of ether oxygens (including phenoxy) is 1. The molecule has 2 aliphatic heterocycles. The van der Waals surface area contributed by atoms with Crippen LogP contribution >= 0.6 is 0 Å². The van der Waals surface area contributed by atoms with Crippen LogP contribution in [0.25, 0.3) is 0 Å². The third-order valence-electron chi connectivity index (χ3n) is 3.17. The molecule has 2 heteroatoms. The molecule has 12 heavy (non-hydrogen) atoms. The third kappa shape index (κ3) is 1.38. The zero-order chi connectivity index (χ0) is 8.55. The first-order valence-corrected chi connectivity index (χ1v) is 5.16. The van der Waals surface area contributed by atoms with E-state index >= 15 is 0 Å². The van der Waals surface area contributed by atoms with Crippen LogP contribution in [0, 0.1) is 0 Å². The number of nitrogens with zero attached hydrogens (tertiary/aromatic N) is 1. The highest BCUT2D eigenvalue weighted by Crippen LogP contribution is 2.29. The Morgan fingerprint density at radius 1 is 1.33 bits per heavy atom. The minimum atomic E-state index is 0.557. The van der Waals surface area contributed by atoms with Crippen molar-refractivity contribution in [3.05, 3.63) is 0 Å². The van der Waals surface area contributed by atoms with Gasteiger partial charge in [-0.2, -0.15) is 0 Å². The highest BCUT2D eigenvalue weighted by Gasteiger charge is 2.36. The molecule has 0 aromatic carbocycles. The van der Waals surface area contributed by atoms with Gasteiger partial charge in [-0.25, -0.2) is 0 Å². The molecule has 0 amide bonds. The van der Waals surface area contributed by atoms with Crippen molar-refractivity contribution in [2.75, 3.05) is 13.2 Å². The number of piperidine rings is 1. The quantitative estimate of drug-likeness (QED) is 0.592. The molecule has 2 atom stereocenters. The number of likely N-dealkylation sites (tertiary alicyclic amines) is 1. The van der Waals surface area contributed by atoms with Gasteiger partial charge < -0.3 is 4.74 Å². The Bertz CT molecular complexity index is 158. The van der Waals surface area contributed by atoms with Crippen molar-refractivity contribution in [1.82, 2.24) is 4.90 Å². The predicted octanol–water partition coefficient (Wildman–Crippen LogP) is 1.65. The lowest BCUT2D eigenvalue weighted by molar-refractivity contribution is 0.0136. The molecule has 0 saturated carbocycles. The number of fused-ring (bicyclic) bond motifs is 1. The smallest absolute Gasteiger partial charge is 0.0731 e. The van der Waals surface area contributed by atoms with Gasteiger partial charge in [0.2, 0.25) is 0 Å². The van der Waals surface area contributed by atoms with E-state index in [2.05, 4.69) is 18.7 Å². The van der Waals surface area contributed by atoms with E-state index in [1.807, 2.05) is 0 Å². The molecule has 0 aliphatic carbocycles. The standard InChI is InChI=1S/C10H19NO/c1-8(2)11-6-3-4-10-9(11)5-7-12-10/h8-10H,3-7H2,1-2H3. The lowest BCUT2D eigenvalue weighted by atomic mass is 9.97. The van der Waals surface area contributed by atoms with Crippen LogP contribution < -0.4 is 0 Å². The summed E-state index contributed by atoms with van der Waals surface area (Å²) in [6.07, 6.45) is 4.41. The van der Waals surface area contributed by atoms with Gasteiger partial charge in [-0.15, -0.1) is 0 Å². The average molecular weight is 169 g/mol. The molecule has 70 valence electrons. The van der Waals surface area contributed by atoms with Crippen molar-refractivity contribution in [3.8, 4) is 0 Å². The lowest BCUT2D eigenvalue weighted by Gasteiger charge is -2.39. The van der Waals surface area contributed by atoms with Crippen molar-refractivity contribution < 1.29 is 4.74 Å². The van der Waals surface area contributed by atoms with Crippen LogP contribution in [0.1, 0.15) is 33.1 Å². The molecule has 2 unspecified atom stereocenters. The highest BCUT2D eigenvalue weighted by atomic mass is 16.5. The van der Waals surface area contributed by atoms with Gasteiger partial charge in [0.05, 0.1) is 6.10 Å². The Balaban J connectivity index is 2.03. The van der Waals surface area contributed by atoms with Gasteiger partial charge in [0.25, 0.3) is 0 Å². The average Bonchev–Trinajstić information content (AvgIpc) is 2.49. The molecular weight excluding hydrogens is 150 g/mol. The molecule has 0 bridgehead atoms. The van der Waals surface area contributed by atoms with Gasteiger partial charge >= 0.3 is 0 Å². The molecule has 0 aromatic heterocycles. The van der Waals surface area contributed by atoms with Crippen LogP contribution in [-0.4, -0.2) is 36.2 Å². The molecule has 2 nitrogen and oxygen atoms in total. The van der Waals surface area contributed by atoms with E-state index in [-0.39, 0.29) is 0 Å². The van der Waals surface area contributed by atoms with E-state index in [0.717, 1.165) is 12.6 Å². The van der Waals surface area contributed by atoms with Crippen LogP contribution in [-0.2, 0) is 4.74 Å². The fourth-order valence-electron chi connectivity index (χ4n) is 2.57. The zero-order valence-electron chi connectivity index (χ0n) is 8.12. The number of hydrogen-bond acceptors (Lipinski definition) is 2. The minimum absolute atomic E-state index is 0.557. The summed E-state index contributed by atoms with van der Waals surface area (Å²) in [4.78, 5) is 2.61. The Morgan fingerprint density at radius 3 is 2.92 bits per heavy atom. The molecular formula is C10H19NO. The van der Waals surface area contributed by atoms with E-state index in [1.165, 1.54) is 25.8 Å². The predicted molar refractivity (Wildman–Crippen MR) is 49.2 cm³/mol. The van der Waals surface area contributed by atoms with Crippen LogP contribution in [0.15, 0.2) is 0 Å². The maximum atomic E-state index is 5.70. The van der Waals surface area contributed by atoms with E-state index in [9.17, 15) is 0 Å².